The first-order chi connectivity index (χ1) is 16.5. The molecule has 8 heteroatoms. The zero-order chi connectivity index (χ0) is 24.3. The second-order valence-corrected chi connectivity index (χ2v) is 8.61. The van der Waals surface area contributed by atoms with Crippen LogP contribution < -0.4 is 14.8 Å². The van der Waals surface area contributed by atoms with Crippen LogP contribution in [0, 0.1) is 0 Å². The van der Waals surface area contributed by atoms with Gasteiger partial charge < -0.3 is 24.4 Å². The smallest absolute Gasteiger partial charge is 0.247 e. The van der Waals surface area contributed by atoms with Gasteiger partial charge in [-0.2, -0.15) is 0 Å². The maximum atomic E-state index is 13.5. The van der Waals surface area contributed by atoms with Crippen molar-refractivity contribution in [2.24, 2.45) is 0 Å². The van der Waals surface area contributed by atoms with Gasteiger partial charge >= 0.3 is 0 Å². The van der Waals surface area contributed by atoms with E-state index in [9.17, 15) is 9.59 Å². The average Bonchev–Trinajstić information content (AvgIpc) is 3.38. The molecule has 3 rings (SSSR count). The van der Waals surface area contributed by atoms with E-state index >= 15 is 0 Å². The number of nitrogens with zero attached hydrogens (tertiary/aromatic N) is 1. The summed E-state index contributed by atoms with van der Waals surface area (Å²) < 4.78 is 15.8. The number of hydrogen-bond acceptors (Lipinski definition) is 6. The Hall–Kier alpha value is -3.36. The molecule has 0 saturated carbocycles. The highest BCUT2D eigenvalue weighted by molar-refractivity contribution is 7.10. The highest BCUT2D eigenvalue weighted by Crippen LogP contribution is 2.26. The molecule has 0 aliphatic carbocycles. The molecule has 2 amide bonds. The van der Waals surface area contributed by atoms with Crippen molar-refractivity contribution in [1.82, 2.24) is 10.2 Å². The fourth-order valence-electron chi connectivity index (χ4n) is 3.56. The summed E-state index contributed by atoms with van der Waals surface area (Å²) in [6, 6.07) is 17.7. The number of rotatable bonds is 12. The number of benzene rings is 2. The molecule has 2 aromatic carbocycles. The van der Waals surface area contributed by atoms with Gasteiger partial charge in [0.15, 0.2) is 0 Å². The molecule has 1 N–H and O–H groups in total. The molecule has 0 aliphatic heterocycles. The molecule has 1 aromatic heterocycles. The van der Waals surface area contributed by atoms with Crippen molar-refractivity contribution in [2.75, 3.05) is 34.5 Å². The van der Waals surface area contributed by atoms with E-state index in [1.54, 1.807) is 32.3 Å². The molecule has 1 atom stereocenters. The summed E-state index contributed by atoms with van der Waals surface area (Å²) in [6.07, 6.45) is 0.216. The number of nitrogens with one attached hydrogen (secondary N) is 1. The Morgan fingerprint density at radius 3 is 2.38 bits per heavy atom. The van der Waals surface area contributed by atoms with E-state index in [2.05, 4.69) is 5.32 Å². The number of carbonyl (C=O) groups excluding carboxylic acids is 2. The van der Waals surface area contributed by atoms with Gasteiger partial charge in [-0.25, -0.2) is 0 Å². The quantitative estimate of drug-likeness (QED) is 0.425. The molecule has 0 aliphatic rings. The summed E-state index contributed by atoms with van der Waals surface area (Å²) in [4.78, 5) is 29.5. The van der Waals surface area contributed by atoms with Crippen LogP contribution in [0.4, 0.5) is 0 Å². The van der Waals surface area contributed by atoms with Crippen molar-refractivity contribution in [3.05, 3.63) is 82.0 Å². The number of hydrogen-bond donors (Lipinski definition) is 1. The minimum atomic E-state index is -0.837. The number of thiophene rings is 1. The van der Waals surface area contributed by atoms with Gasteiger partial charge in [-0.05, 0) is 46.8 Å². The van der Waals surface area contributed by atoms with Gasteiger partial charge in [0, 0.05) is 25.1 Å². The van der Waals surface area contributed by atoms with Gasteiger partial charge in [-0.15, -0.1) is 11.3 Å². The number of amides is 2. The summed E-state index contributed by atoms with van der Waals surface area (Å²) in [6.45, 7) is 0.904. The Labute approximate surface area is 204 Å². The summed E-state index contributed by atoms with van der Waals surface area (Å²) in [5.74, 6) is 0.934. The Morgan fingerprint density at radius 1 is 0.971 bits per heavy atom. The SMILES string of the molecule is COCCN(C(=O)Cc1cccs1)[C@H](C(=O)NCc1ccc(OC)cc1)c1cccc(OC)c1. The maximum Gasteiger partial charge on any atom is 0.247 e. The first-order valence-corrected chi connectivity index (χ1v) is 11.8. The van der Waals surface area contributed by atoms with Crippen LogP contribution in [0.1, 0.15) is 22.0 Å². The summed E-state index contributed by atoms with van der Waals surface area (Å²) >= 11 is 1.52. The first kappa shape index (κ1) is 25.3. The van der Waals surface area contributed by atoms with E-state index in [1.165, 1.54) is 11.3 Å². The zero-order valence-electron chi connectivity index (χ0n) is 19.7. The van der Waals surface area contributed by atoms with E-state index in [1.807, 2.05) is 60.0 Å². The molecule has 0 bridgehead atoms. The van der Waals surface area contributed by atoms with Crippen LogP contribution in [-0.2, 0) is 27.3 Å². The molecular weight excluding hydrogens is 452 g/mol. The third-order valence-electron chi connectivity index (χ3n) is 5.36. The van der Waals surface area contributed by atoms with E-state index in [4.69, 9.17) is 14.2 Å². The predicted molar refractivity (Wildman–Crippen MR) is 132 cm³/mol. The van der Waals surface area contributed by atoms with Crippen LogP contribution in [0.3, 0.4) is 0 Å². The molecule has 34 heavy (non-hydrogen) atoms. The third kappa shape index (κ3) is 6.82. The normalized spacial score (nSPS) is 11.5. The Morgan fingerprint density at radius 2 is 1.74 bits per heavy atom. The number of carbonyl (C=O) groups is 2. The monoisotopic (exact) mass is 482 g/mol. The van der Waals surface area contributed by atoms with Crippen molar-refractivity contribution in [2.45, 2.75) is 19.0 Å². The van der Waals surface area contributed by atoms with E-state index in [-0.39, 0.29) is 24.8 Å². The molecule has 0 unspecified atom stereocenters. The molecular formula is C26H30N2O5S. The van der Waals surface area contributed by atoms with Gasteiger partial charge in [0.25, 0.3) is 0 Å². The maximum absolute atomic E-state index is 13.5. The molecule has 0 fully saturated rings. The average molecular weight is 483 g/mol. The fourth-order valence-corrected chi connectivity index (χ4v) is 4.26. The first-order valence-electron chi connectivity index (χ1n) is 10.9. The van der Waals surface area contributed by atoms with Crippen LogP contribution in [0.25, 0.3) is 0 Å². The molecule has 0 saturated heterocycles. The van der Waals surface area contributed by atoms with Crippen molar-refractivity contribution < 1.29 is 23.8 Å². The second kappa shape index (κ2) is 12.8. The van der Waals surface area contributed by atoms with Crippen molar-refractivity contribution in [3.8, 4) is 11.5 Å². The molecule has 0 radical (unpaired) electrons. The van der Waals surface area contributed by atoms with Gasteiger partial charge in [0.05, 0.1) is 27.2 Å². The Kier molecular flexibility index (Phi) is 9.49. The largest absolute Gasteiger partial charge is 0.497 e. The molecule has 0 spiro atoms. The lowest BCUT2D eigenvalue weighted by molar-refractivity contribution is -0.141. The Bertz CT molecular complexity index is 1050. The lowest BCUT2D eigenvalue weighted by atomic mass is 10.0. The fraction of sp³-hybridized carbons (Fsp3) is 0.308. The molecule has 7 nitrogen and oxygen atoms in total. The minimum absolute atomic E-state index is 0.146. The minimum Gasteiger partial charge on any atom is -0.497 e. The van der Waals surface area contributed by atoms with Crippen LogP contribution in [0.5, 0.6) is 11.5 Å². The molecule has 180 valence electrons. The molecule has 3 aromatic rings. The third-order valence-corrected chi connectivity index (χ3v) is 6.23. The van der Waals surface area contributed by atoms with Gasteiger partial charge in [-0.3, -0.25) is 9.59 Å². The van der Waals surface area contributed by atoms with E-state index in [0.29, 0.717) is 24.5 Å². The lowest BCUT2D eigenvalue weighted by Gasteiger charge is -2.31. The lowest BCUT2D eigenvalue weighted by Crippen LogP contribution is -2.45. The van der Waals surface area contributed by atoms with E-state index in [0.717, 1.165) is 16.2 Å². The van der Waals surface area contributed by atoms with E-state index < -0.39 is 6.04 Å². The van der Waals surface area contributed by atoms with Crippen LogP contribution in [-0.4, -0.2) is 51.2 Å². The topological polar surface area (TPSA) is 77.1 Å². The van der Waals surface area contributed by atoms with Crippen molar-refractivity contribution in [3.63, 3.8) is 0 Å². The highest BCUT2D eigenvalue weighted by Gasteiger charge is 2.31. The van der Waals surface area contributed by atoms with Crippen LogP contribution in [0.15, 0.2) is 66.0 Å². The van der Waals surface area contributed by atoms with Crippen LogP contribution in [0.2, 0.25) is 0 Å². The summed E-state index contributed by atoms with van der Waals surface area (Å²) in [5.41, 5.74) is 1.59. The van der Waals surface area contributed by atoms with Gasteiger partial charge in [0.1, 0.15) is 17.5 Å². The van der Waals surface area contributed by atoms with Gasteiger partial charge in [0.2, 0.25) is 11.8 Å². The highest BCUT2D eigenvalue weighted by atomic mass is 32.1. The summed E-state index contributed by atoms with van der Waals surface area (Å²) in [5, 5.41) is 4.92. The van der Waals surface area contributed by atoms with Crippen molar-refractivity contribution >= 4 is 23.2 Å². The van der Waals surface area contributed by atoms with Crippen LogP contribution >= 0.6 is 11.3 Å². The standard InChI is InChI=1S/C26H30N2O5S/c1-31-14-13-28(24(29)17-23-8-5-15-34-23)25(20-6-4-7-22(16-20)33-3)26(30)27-18-19-9-11-21(32-2)12-10-19/h4-12,15-16,25H,13-14,17-18H2,1-3H3,(H,27,30)/t25-/m0/s1. The molecule has 1 heterocycles. The number of methoxy groups -OCH3 is 3. The van der Waals surface area contributed by atoms with Crippen molar-refractivity contribution in [1.29, 1.82) is 0 Å². The number of ether oxygens (including phenoxy) is 3. The Balaban J connectivity index is 1.88. The van der Waals surface area contributed by atoms with Gasteiger partial charge in [-0.1, -0.05) is 30.3 Å². The second-order valence-electron chi connectivity index (χ2n) is 7.58. The zero-order valence-corrected chi connectivity index (χ0v) is 20.5. The summed E-state index contributed by atoms with van der Waals surface area (Å²) in [7, 11) is 4.76. The predicted octanol–water partition coefficient (Wildman–Crippen LogP) is 3.84.